The number of hydrogen-bond donors (Lipinski definition) is 3. The van der Waals surface area contributed by atoms with E-state index in [1.54, 1.807) is 17.0 Å². The van der Waals surface area contributed by atoms with Crippen LogP contribution in [0.1, 0.15) is 6.42 Å². The second-order valence-corrected chi connectivity index (χ2v) is 4.67. The van der Waals surface area contributed by atoms with Crippen LogP contribution in [0.2, 0.25) is 0 Å². The van der Waals surface area contributed by atoms with Gasteiger partial charge in [0.2, 0.25) is 5.91 Å². The van der Waals surface area contributed by atoms with Gasteiger partial charge in [-0.2, -0.15) is 0 Å². The maximum Gasteiger partial charge on any atom is 0.225 e. The van der Waals surface area contributed by atoms with Gasteiger partial charge in [-0.1, -0.05) is 12.1 Å². The first-order chi connectivity index (χ1) is 9.06. The van der Waals surface area contributed by atoms with Crippen LogP contribution in [0.25, 0.3) is 0 Å². The van der Waals surface area contributed by atoms with Crippen molar-refractivity contribution in [1.82, 2.24) is 4.90 Å². The molecule has 1 aliphatic heterocycles. The van der Waals surface area contributed by atoms with E-state index >= 15 is 0 Å². The number of aliphatic hydroxyl groups excluding tert-OH is 2. The first kappa shape index (κ1) is 13.9. The zero-order valence-corrected chi connectivity index (χ0v) is 10.4. The van der Waals surface area contributed by atoms with Crippen LogP contribution in [-0.2, 0) is 4.79 Å². The number of halogens is 1. The number of carbonyl (C=O) groups is 1. The molecule has 1 aromatic carbocycles. The fourth-order valence-corrected chi connectivity index (χ4v) is 2.06. The Balaban J connectivity index is 1.78. The predicted molar refractivity (Wildman–Crippen MR) is 68.1 cm³/mol. The third-order valence-electron chi connectivity index (χ3n) is 3.14. The third-order valence-corrected chi connectivity index (χ3v) is 3.14. The molecule has 1 aromatic rings. The van der Waals surface area contributed by atoms with Crippen LogP contribution in [-0.4, -0.2) is 52.9 Å². The topological polar surface area (TPSA) is 72.8 Å². The minimum Gasteiger partial charge on any atom is -0.389 e. The quantitative estimate of drug-likeness (QED) is 0.729. The first-order valence-electron chi connectivity index (χ1n) is 6.19. The molecule has 0 aromatic heterocycles. The molecule has 5 nitrogen and oxygen atoms in total. The summed E-state index contributed by atoms with van der Waals surface area (Å²) in [5.74, 6) is -0.760. The Morgan fingerprint density at radius 3 is 2.58 bits per heavy atom. The van der Waals surface area contributed by atoms with E-state index in [1.807, 2.05) is 0 Å². The number of carbonyl (C=O) groups excluding carboxylic acids is 1. The number of aliphatic hydroxyl groups is 2. The summed E-state index contributed by atoms with van der Waals surface area (Å²) in [5, 5.41) is 21.2. The SMILES string of the molecule is O=C(CCN1C[C@@H](O)[C@@H](O)C1)Nc1ccccc1F. The zero-order chi connectivity index (χ0) is 13.8. The van der Waals surface area contributed by atoms with Crippen molar-refractivity contribution in [3.63, 3.8) is 0 Å². The average Bonchev–Trinajstić information content (AvgIpc) is 2.69. The van der Waals surface area contributed by atoms with Gasteiger partial charge in [-0.25, -0.2) is 4.39 Å². The molecule has 1 amide bonds. The Labute approximate surface area is 110 Å². The van der Waals surface area contributed by atoms with Gasteiger partial charge in [0.25, 0.3) is 0 Å². The molecule has 2 atom stereocenters. The largest absolute Gasteiger partial charge is 0.389 e. The smallest absolute Gasteiger partial charge is 0.225 e. The molecule has 0 saturated carbocycles. The summed E-state index contributed by atoms with van der Waals surface area (Å²) in [6.45, 7) is 1.14. The highest BCUT2D eigenvalue weighted by Gasteiger charge is 2.29. The van der Waals surface area contributed by atoms with E-state index in [0.717, 1.165) is 0 Å². The molecule has 0 spiro atoms. The normalized spacial score (nSPS) is 23.5. The molecular formula is C13H17FN2O3. The molecule has 1 saturated heterocycles. The van der Waals surface area contributed by atoms with Crippen molar-refractivity contribution in [3.05, 3.63) is 30.1 Å². The van der Waals surface area contributed by atoms with Gasteiger partial charge in [0.1, 0.15) is 5.82 Å². The number of hydrogen-bond acceptors (Lipinski definition) is 4. The maximum absolute atomic E-state index is 13.3. The van der Waals surface area contributed by atoms with Crippen LogP contribution in [0, 0.1) is 5.82 Å². The lowest BCUT2D eigenvalue weighted by molar-refractivity contribution is -0.116. The number of β-amino-alcohol motifs (C(OH)–C–C–N with tert-alkyl or cyclic N) is 2. The van der Waals surface area contributed by atoms with Crippen LogP contribution >= 0.6 is 0 Å². The maximum atomic E-state index is 13.3. The Morgan fingerprint density at radius 1 is 1.32 bits per heavy atom. The summed E-state index contributed by atoms with van der Waals surface area (Å²) < 4.78 is 13.3. The van der Waals surface area contributed by atoms with Crippen molar-refractivity contribution in [2.45, 2.75) is 18.6 Å². The van der Waals surface area contributed by atoms with Crippen molar-refractivity contribution in [2.75, 3.05) is 25.0 Å². The summed E-state index contributed by atoms with van der Waals surface area (Å²) >= 11 is 0. The fraction of sp³-hybridized carbons (Fsp3) is 0.462. The van der Waals surface area contributed by atoms with Crippen molar-refractivity contribution >= 4 is 11.6 Å². The van der Waals surface area contributed by atoms with Gasteiger partial charge >= 0.3 is 0 Å². The van der Waals surface area contributed by atoms with E-state index in [1.165, 1.54) is 12.1 Å². The number of amides is 1. The van der Waals surface area contributed by atoms with Gasteiger partial charge in [0.15, 0.2) is 0 Å². The van der Waals surface area contributed by atoms with E-state index in [-0.39, 0.29) is 18.0 Å². The predicted octanol–water partition coefficient (Wildman–Crippen LogP) is 0.192. The Bertz CT molecular complexity index is 445. The Kier molecular flexibility index (Phi) is 4.47. The zero-order valence-electron chi connectivity index (χ0n) is 10.4. The van der Waals surface area contributed by atoms with Crippen molar-refractivity contribution in [3.8, 4) is 0 Å². The van der Waals surface area contributed by atoms with Crippen LogP contribution in [0.3, 0.4) is 0 Å². The molecule has 1 heterocycles. The van der Waals surface area contributed by atoms with Gasteiger partial charge in [-0.05, 0) is 12.1 Å². The van der Waals surface area contributed by atoms with Crippen molar-refractivity contribution in [1.29, 1.82) is 0 Å². The highest BCUT2D eigenvalue weighted by atomic mass is 19.1. The van der Waals surface area contributed by atoms with E-state index in [9.17, 15) is 19.4 Å². The van der Waals surface area contributed by atoms with E-state index in [0.29, 0.717) is 19.6 Å². The van der Waals surface area contributed by atoms with Crippen molar-refractivity contribution < 1.29 is 19.4 Å². The Morgan fingerprint density at radius 2 is 1.95 bits per heavy atom. The molecule has 19 heavy (non-hydrogen) atoms. The van der Waals surface area contributed by atoms with Gasteiger partial charge in [0, 0.05) is 26.1 Å². The van der Waals surface area contributed by atoms with Gasteiger partial charge in [-0.3, -0.25) is 9.69 Å². The molecule has 0 radical (unpaired) electrons. The summed E-state index contributed by atoms with van der Waals surface area (Å²) in [7, 11) is 0. The van der Waals surface area contributed by atoms with Crippen LogP contribution in [0.4, 0.5) is 10.1 Å². The summed E-state index contributed by atoms with van der Waals surface area (Å²) in [4.78, 5) is 13.5. The number of benzene rings is 1. The average molecular weight is 268 g/mol. The summed E-state index contributed by atoms with van der Waals surface area (Å²) in [6, 6.07) is 5.98. The van der Waals surface area contributed by atoms with Gasteiger partial charge in [0.05, 0.1) is 17.9 Å². The second-order valence-electron chi connectivity index (χ2n) is 4.67. The van der Waals surface area contributed by atoms with Crippen molar-refractivity contribution in [2.24, 2.45) is 0 Å². The highest BCUT2D eigenvalue weighted by molar-refractivity contribution is 5.90. The summed E-state index contributed by atoms with van der Waals surface area (Å²) in [5.41, 5.74) is 0.161. The molecule has 104 valence electrons. The van der Waals surface area contributed by atoms with Crippen LogP contribution < -0.4 is 5.32 Å². The highest BCUT2D eigenvalue weighted by Crippen LogP contribution is 2.13. The molecule has 0 unspecified atom stereocenters. The minimum absolute atomic E-state index is 0.161. The lowest BCUT2D eigenvalue weighted by Gasteiger charge is -2.14. The van der Waals surface area contributed by atoms with Crippen LogP contribution in [0.5, 0.6) is 0 Å². The molecule has 3 N–H and O–H groups in total. The number of rotatable bonds is 4. The lowest BCUT2D eigenvalue weighted by Crippen LogP contribution is -2.27. The molecular weight excluding hydrogens is 251 g/mol. The second kappa shape index (κ2) is 6.10. The molecule has 1 aliphatic rings. The van der Waals surface area contributed by atoms with E-state index < -0.39 is 18.0 Å². The number of likely N-dealkylation sites (tertiary alicyclic amines) is 1. The number of anilines is 1. The van der Waals surface area contributed by atoms with Crippen LogP contribution in [0.15, 0.2) is 24.3 Å². The van der Waals surface area contributed by atoms with Gasteiger partial charge < -0.3 is 15.5 Å². The molecule has 2 rings (SSSR count). The molecule has 0 aliphatic carbocycles. The molecule has 1 fully saturated rings. The molecule has 6 heteroatoms. The van der Waals surface area contributed by atoms with E-state index in [2.05, 4.69) is 5.32 Å². The standard InChI is InChI=1S/C13H17FN2O3/c14-9-3-1-2-4-10(9)15-13(19)5-6-16-7-11(17)12(18)8-16/h1-4,11-12,17-18H,5-8H2,(H,15,19)/t11-,12+. The first-order valence-corrected chi connectivity index (χ1v) is 6.19. The lowest BCUT2D eigenvalue weighted by atomic mass is 10.3. The number of nitrogens with one attached hydrogen (secondary N) is 1. The minimum atomic E-state index is -0.755. The number of para-hydroxylation sites is 1. The Hall–Kier alpha value is -1.50. The fourth-order valence-electron chi connectivity index (χ4n) is 2.06. The monoisotopic (exact) mass is 268 g/mol. The molecule has 0 bridgehead atoms. The van der Waals surface area contributed by atoms with E-state index in [4.69, 9.17) is 0 Å². The third kappa shape index (κ3) is 3.73. The summed E-state index contributed by atoms with van der Waals surface area (Å²) in [6.07, 6.45) is -1.32. The number of nitrogens with zero attached hydrogens (tertiary/aromatic N) is 1. The van der Waals surface area contributed by atoms with Gasteiger partial charge in [-0.15, -0.1) is 0 Å².